The molecule has 0 aliphatic heterocycles. The van der Waals surface area contributed by atoms with E-state index in [9.17, 15) is 0 Å². The van der Waals surface area contributed by atoms with E-state index in [0.717, 1.165) is 6.54 Å². The van der Waals surface area contributed by atoms with E-state index in [1.54, 1.807) is 0 Å². The third-order valence-corrected chi connectivity index (χ3v) is 5.51. The minimum Gasteiger partial charge on any atom is -0.306 e. The number of rotatable bonds is 4. The Kier molecular flexibility index (Phi) is 3.69. The summed E-state index contributed by atoms with van der Waals surface area (Å²) >= 11 is 3.73. The maximum Gasteiger partial charge on any atom is 0.0674 e. The van der Waals surface area contributed by atoms with E-state index >= 15 is 0 Å². The summed E-state index contributed by atoms with van der Waals surface area (Å²) in [5, 5.41) is 5.79. The molecule has 2 heterocycles. The van der Waals surface area contributed by atoms with Crippen molar-refractivity contribution in [3.63, 3.8) is 0 Å². The van der Waals surface area contributed by atoms with Gasteiger partial charge in [-0.05, 0) is 42.1 Å². The second-order valence-corrected chi connectivity index (χ2v) is 6.71. The molecule has 1 aromatic carbocycles. The molecule has 3 aromatic rings. The predicted molar refractivity (Wildman–Crippen MR) is 86.4 cm³/mol. The summed E-state index contributed by atoms with van der Waals surface area (Å²) < 4.78 is 2.80. The van der Waals surface area contributed by atoms with Crippen LogP contribution in [0.15, 0.2) is 41.8 Å². The first kappa shape index (κ1) is 12.9. The van der Waals surface area contributed by atoms with E-state index in [-0.39, 0.29) is 0 Å². The van der Waals surface area contributed by atoms with Crippen molar-refractivity contribution >= 4 is 32.1 Å². The van der Waals surface area contributed by atoms with E-state index in [1.165, 1.54) is 25.4 Å². The highest BCUT2D eigenvalue weighted by atomic mass is 32.1. The van der Waals surface area contributed by atoms with Gasteiger partial charge in [-0.2, -0.15) is 0 Å². The zero-order valence-corrected chi connectivity index (χ0v) is 12.8. The highest BCUT2D eigenvalue weighted by Crippen LogP contribution is 2.36. The lowest BCUT2D eigenvalue weighted by atomic mass is 10.00. The molecule has 0 fully saturated rings. The zero-order valence-electron chi connectivity index (χ0n) is 11.1. The lowest BCUT2D eigenvalue weighted by molar-refractivity contribution is 0.637. The van der Waals surface area contributed by atoms with Gasteiger partial charge in [0, 0.05) is 14.3 Å². The summed E-state index contributed by atoms with van der Waals surface area (Å²) in [6.07, 6.45) is 0. The minimum atomic E-state index is 0.316. The molecule has 0 amide bonds. The maximum atomic E-state index is 3.62. The van der Waals surface area contributed by atoms with Gasteiger partial charge < -0.3 is 5.32 Å². The molecule has 0 aliphatic carbocycles. The van der Waals surface area contributed by atoms with Crippen LogP contribution in [0.3, 0.4) is 0 Å². The van der Waals surface area contributed by atoms with Crippen molar-refractivity contribution in [1.82, 2.24) is 5.32 Å². The van der Waals surface area contributed by atoms with Gasteiger partial charge in [-0.1, -0.05) is 31.2 Å². The Bertz CT molecular complexity index is 652. The van der Waals surface area contributed by atoms with Crippen LogP contribution in [0.1, 0.15) is 29.0 Å². The second-order valence-electron chi connectivity index (χ2n) is 4.65. The molecule has 0 spiro atoms. The number of benzene rings is 1. The standard InChI is InChI=1S/C16H17NS2/c1-3-17-16(12-7-5-4-6-11(12)2)15-10-14-13(19-15)8-9-18-14/h4-10,16-17H,3H2,1-2H3. The largest absolute Gasteiger partial charge is 0.306 e. The molecular formula is C16H17NS2. The predicted octanol–water partition coefficient (Wildman–Crippen LogP) is 4.97. The molecule has 1 nitrogen and oxygen atoms in total. The Hall–Kier alpha value is -1.16. The fourth-order valence-corrected chi connectivity index (χ4v) is 4.62. The number of nitrogens with one attached hydrogen (secondary N) is 1. The lowest BCUT2D eigenvalue weighted by Gasteiger charge is -2.19. The first-order valence-corrected chi connectivity index (χ1v) is 8.25. The average molecular weight is 287 g/mol. The highest BCUT2D eigenvalue weighted by Gasteiger charge is 2.17. The Morgan fingerprint density at radius 1 is 1.16 bits per heavy atom. The number of aryl methyl sites for hydroxylation is 1. The second kappa shape index (κ2) is 5.45. The van der Waals surface area contributed by atoms with Crippen LogP contribution in [0.2, 0.25) is 0 Å². The molecule has 2 aromatic heterocycles. The topological polar surface area (TPSA) is 12.0 Å². The van der Waals surface area contributed by atoms with Gasteiger partial charge in [-0.25, -0.2) is 0 Å². The maximum absolute atomic E-state index is 3.62. The molecular weight excluding hydrogens is 270 g/mol. The fraction of sp³-hybridized carbons (Fsp3) is 0.250. The van der Waals surface area contributed by atoms with Crippen LogP contribution in [-0.2, 0) is 0 Å². The molecule has 0 saturated carbocycles. The fourth-order valence-electron chi connectivity index (χ4n) is 2.41. The summed E-state index contributed by atoms with van der Waals surface area (Å²) in [4.78, 5) is 1.41. The van der Waals surface area contributed by atoms with Gasteiger partial charge in [0.25, 0.3) is 0 Å². The van der Waals surface area contributed by atoms with Crippen LogP contribution in [0.4, 0.5) is 0 Å². The molecule has 0 bridgehead atoms. The van der Waals surface area contributed by atoms with Gasteiger partial charge in [-0.15, -0.1) is 22.7 Å². The first-order chi connectivity index (χ1) is 9.29. The van der Waals surface area contributed by atoms with Crippen molar-refractivity contribution in [2.24, 2.45) is 0 Å². The summed E-state index contributed by atoms with van der Waals surface area (Å²) in [5.74, 6) is 0. The third kappa shape index (κ3) is 2.46. The summed E-state index contributed by atoms with van der Waals surface area (Å²) in [6, 6.07) is 13.5. The Labute approximate surface area is 121 Å². The van der Waals surface area contributed by atoms with Crippen molar-refractivity contribution in [3.8, 4) is 0 Å². The third-order valence-electron chi connectivity index (χ3n) is 3.35. The molecule has 98 valence electrons. The van der Waals surface area contributed by atoms with E-state index in [2.05, 4.69) is 60.9 Å². The van der Waals surface area contributed by atoms with Gasteiger partial charge in [0.2, 0.25) is 0 Å². The van der Waals surface area contributed by atoms with Crippen LogP contribution in [-0.4, -0.2) is 6.54 Å². The van der Waals surface area contributed by atoms with Gasteiger partial charge in [0.1, 0.15) is 0 Å². The van der Waals surface area contributed by atoms with Gasteiger partial charge in [0.05, 0.1) is 6.04 Å². The minimum absolute atomic E-state index is 0.316. The summed E-state index contributed by atoms with van der Waals surface area (Å²) in [6.45, 7) is 5.33. The molecule has 3 rings (SSSR count). The van der Waals surface area contributed by atoms with E-state index in [0.29, 0.717) is 6.04 Å². The normalized spacial score (nSPS) is 12.9. The summed E-state index contributed by atoms with van der Waals surface area (Å²) in [5.41, 5.74) is 2.74. The molecule has 0 saturated heterocycles. The SMILES string of the molecule is CCNC(c1cc2sccc2s1)c1ccccc1C. The first-order valence-electron chi connectivity index (χ1n) is 6.55. The van der Waals surface area contributed by atoms with Gasteiger partial charge in [0.15, 0.2) is 0 Å². The smallest absolute Gasteiger partial charge is 0.0674 e. The Morgan fingerprint density at radius 2 is 2.00 bits per heavy atom. The molecule has 19 heavy (non-hydrogen) atoms. The molecule has 1 N–H and O–H groups in total. The quantitative estimate of drug-likeness (QED) is 0.714. The molecule has 1 atom stereocenters. The Morgan fingerprint density at radius 3 is 2.74 bits per heavy atom. The van der Waals surface area contributed by atoms with Crippen molar-refractivity contribution in [2.75, 3.05) is 6.54 Å². The molecule has 1 unspecified atom stereocenters. The molecule has 0 aliphatic rings. The van der Waals surface area contributed by atoms with E-state index in [1.807, 2.05) is 22.7 Å². The van der Waals surface area contributed by atoms with Crippen LogP contribution >= 0.6 is 22.7 Å². The Balaban J connectivity index is 2.06. The number of fused-ring (bicyclic) bond motifs is 1. The van der Waals surface area contributed by atoms with E-state index in [4.69, 9.17) is 0 Å². The van der Waals surface area contributed by atoms with E-state index < -0.39 is 0 Å². The monoisotopic (exact) mass is 287 g/mol. The molecule has 3 heteroatoms. The lowest BCUT2D eigenvalue weighted by Crippen LogP contribution is -2.21. The van der Waals surface area contributed by atoms with Crippen molar-refractivity contribution in [1.29, 1.82) is 0 Å². The molecule has 0 radical (unpaired) electrons. The van der Waals surface area contributed by atoms with Crippen LogP contribution in [0, 0.1) is 6.92 Å². The van der Waals surface area contributed by atoms with Crippen molar-refractivity contribution < 1.29 is 0 Å². The van der Waals surface area contributed by atoms with Gasteiger partial charge in [-0.3, -0.25) is 0 Å². The summed E-state index contributed by atoms with van der Waals surface area (Å²) in [7, 11) is 0. The average Bonchev–Trinajstić information content (AvgIpc) is 2.97. The van der Waals surface area contributed by atoms with Crippen LogP contribution in [0.5, 0.6) is 0 Å². The number of hydrogen-bond donors (Lipinski definition) is 1. The highest BCUT2D eigenvalue weighted by molar-refractivity contribution is 7.27. The van der Waals surface area contributed by atoms with Crippen molar-refractivity contribution in [3.05, 3.63) is 57.8 Å². The number of hydrogen-bond acceptors (Lipinski definition) is 3. The van der Waals surface area contributed by atoms with Crippen LogP contribution in [0.25, 0.3) is 9.40 Å². The van der Waals surface area contributed by atoms with Crippen LogP contribution < -0.4 is 5.32 Å². The van der Waals surface area contributed by atoms with Gasteiger partial charge >= 0.3 is 0 Å². The number of thiophene rings is 2. The zero-order chi connectivity index (χ0) is 13.2. The van der Waals surface area contributed by atoms with Crippen molar-refractivity contribution in [2.45, 2.75) is 19.9 Å².